The quantitative estimate of drug-likeness (QED) is 0.447. The van der Waals surface area contributed by atoms with Crippen molar-refractivity contribution in [3.8, 4) is 0 Å². The maximum absolute atomic E-state index is 6.19. The molecule has 0 aliphatic carbocycles. The van der Waals surface area contributed by atoms with Gasteiger partial charge in [0, 0.05) is 28.2 Å². The van der Waals surface area contributed by atoms with E-state index >= 15 is 0 Å². The van der Waals surface area contributed by atoms with Crippen LogP contribution in [0, 0.1) is 6.92 Å². The van der Waals surface area contributed by atoms with Crippen LogP contribution in [-0.4, -0.2) is 10.7 Å². The van der Waals surface area contributed by atoms with Crippen molar-refractivity contribution in [1.29, 1.82) is 0 Å². The lowest BCUT2D eigenvalue weighted by molar-refractivity contribution is 0.965. The number of nitrogens with two attached hydrogens (primary N) is 1. The molecular formula is C17H21ClN4S. The predicted molar refractivity (Wildman–Crippen MR) is 101 cm³/mol. The minimum atomic E-state index is 0.648. The summed E-state index contributed by atoms with van der Waals surface area (Å²) in [7, 11) is 0. The van der Waals surface area contributed by atoms with E-state index in [1.165, 1.54) is 0 Å². The van der Waals surface area contributed by atoms with Gasteiger partial charge < -0.3 is 9.73 Å². The van der Waals surface area contributed by atoms with Crippen molar-refractivity contribution in [2.75, 3.05) is 10.1 Å². The standard InChI is InChI=1S/C17H21ClN4S/c1-4-23-22(17-8-12(2)7-15(18)9-17)11-16-6-5-14(10-20-16)13(3)21-19/h5-10,21H,3-4,11,19H2,1-2H3. The number of pyridine rings is 1. The highest BCUT2D eigenvalue weighted by Crippen LogP contribution is 2.28. The van der Waals surface area contributed by atoms with Gasteiger partial charge in [0.25, 0.3) is 0 Å². The molecule has 0 spiro atoms. The minimum absolute atomic E-state index is 0.648. The number of aryl methyl sites for hydroxylation is 1. The van der Waals surface area contributed by atoms with Crippen molar-refractivity contribution >= 4 is 34.9 Å². The maximum Gasteiger partial charge on any atom is 0.0718 e. The molecule has 1 aromatic heterocycles. The van der Waals surface area contributed by atoms with Gasteiger partial charge in [-0.15, -0.1) is 0 Å². The lowest BCUT2D eigenvalue weighted by atomic mass is 10.2. The maximum atomic E-state index is 6.19. The first-order valence-electron chi connectivity index (χ1n) is 7.32. The third kappa shape index (κ3) is 4.89. The van der Waals surface area contributed by atoms with Crippen LogP contribution < -0.4 is 15.6 Å². The van der Waals surface area contributed by atoms with E-state index in [1.807, 2.05) is 31.2 Å². The molecule has 0 saturated carbocycles. The normalized spacial score (nSPS) is 10.4. The second-order valence-corrected chi connectivity index (χ2v) is 6.82. The molecule has 0 saturated heterocycles. The third-order valence-electron chi connectivity index (χ3n) is 3.25. The summed E-state index contributed by atoms with van der Waals surface area (Å²) in [5.74, 6) is 6.34. The van der Waals surface area contributed by atoms with Gasteiger partial charge in [0.2, 0.25) is 0 Å². The highest BCUT2D eigenvalue weighted by molar-refractivity contribution is 8.00. The van der Waals surface area contributed by atoms with Crippen LogP contribution in [0.4, 0.5) is 5.69 Å². The van der Waals surface area contributed by atoms with Crippen LogP contribution in [0.1, 0.15) is 23.7 Å². The van der Waals surface area contributed by atoms with E-state index in [0.29, 0.717) is 12.2 Å². The Morgan fingerprint density at radius 1 is 1.39 bits per heavy atom. The van der Waals surface area contributed by atoms with E-state index in [1.54, 1.807) is 18.1 Å². The van der Waals surface area contributed by atoms with Crippen LogP contribution in [-0.2, 0) is 6.54 Å². The highest BCUT2D eigenvalue weighted by atomic mass is 35.5. The molecule has 6 heteroatoms. The van der Waals surface area contributed by atoms with Crippen LogP contribution in [0.2, 0.25) is 5.02 Å². The smallest absolute Gasteiger partial charge is 0.0718 e. The molecule has 3 N–H and O–H groups in total. The fourth-order valence-electron chi connectivity index (χ4n) is 2.16. The van der Waals surface area contributed by atoms with Gasteiger partial charge in [-0.25, -0.2) is 0 Å². The van der Waals surface area contributed by atoms with Crippen molar-refractivity contribution in [3.05, 3.63) is 65.0 Å². The van der Waals surface area contributed by atoms with Crippen molar-refractivity contribution in [3.63, 3.8) is 0 Å². The summed E-state index contributed by atoms with van der Waals surface area (Å²) in [5, 5.41) is 0.746. The Labute approximate surface area is 146 Å². The molecule has 4 nitrogen and oxygen atoms in total. The van der Waals surface area contributed by atoms with Crippen molar-refractivity contribution in [2.24, 2.45) is 5.84 Å². The summed E-state index contributed by atoms with van der Waals surface area (Å²) in [6.07, 6.45) is 1.77. The molecule has 2 rings (SSSR count). The fourth-order valence-corrected chi connectivity index (χ4v) is 3.23. The molecule has 1 aromatic carbocycles. The van der Waals surface area contributed by atoms with Gasteiger partial charge >= 0.3 is 0 Å². The van der Waals surface area contributed by atoms with E-state index in [2.05, 4.69) is 34.3 Å². The van der Waals surface area contributed by atoms with Gasteiger partial charge in [-0.05, 0) is 54.8 Å². The zero-order chi connectivity index (χ0) is 16.8. The van der Waals surface area contributed by atoms with Gasteiger partial charge in [-0.2, -0.15) is 0 Å². The van der Waals surface area contributed by atoms with Crippen LogP contribution in [0.5, 0.6) is 0 Å². The van der Waals surface area contributed by atoms with E-state index in [9.17, 15) is 0 Å². The van der Waals surface area contributed by atoms with Crippen LogP contribution in [0.25, 0.3) is 5.70 Å². The molecule has 1 heterocycles. The molecule has 122 valence electrons. The van der Waals surface area contributed by atoms with Crippen LogP contribution in [0.15, 0.2) is 43.1 Å². The lowest BCUT2D eigenvalue weighted by Gasteiger charge is -2.23. The highest BCUT2D eigenvalue weighted by Gasteiger charge is 2.10. The molecular weight excluding hydrogens is 328 g/mol. The van der Waals surface area contributed by atoms with E-state index < -0.39 is 0 Å². The molecule has 0 aliphatic rings. The monoisotopic (exact) mass is 348 g/mol. The number of rotatable bonds is 7. The molecule has 23 heavy (non-hydrogen) atoms. The summed E-state index contributed by atoms with van der Waals surface area (Å²) in [4.78, 5) is 4.50. The summed E-state index contributed by atoms with van der Waals surface area (Å²) >= 11 is 7.93. The number of aromatic nitrogens is 1. The predicted octanol–water partition coefficient (Wildman–Crippen LogP) is 4.15. The molecule has 0 atom stereocenters. The van der Waals surface area contributed by atoms with Gasteiger partial charge in [0.05, 0.1) is 17.9 Å². The number of benzene rings is 1. The number of anilines is 1. The minimum Gasteiger partial charge on any atom is -0.324 e. The molecule has 0 unspecified atom stereocenters. The Bertz CT molecular complexity index is 653. The van der Waals surface area contributed by atoms with Gasteiger partial charge in [0.1, 0.15) is 0 Å². The van der Waals surface area contributed by atoms with Crippen molar-refractivity contribution < 1.29 is 0 Å². The van der Waals surface area contributed by atoms with Gasteiger partial charge in [-0.1, -0.05) is 25.1 Å². The van der Waals surface area contributed by atoms with Crippen molar-refractivity contribution in [1.82, 2.24) is 10.4 Å². The van der Waals surface area contributed by atoms with Crippen molar-refractivity contribution in [2.45, 2.75) is 20.4 Å². The molecule has 0 bridgehead atoms. The number of halogens is 1. The van der Waals surface area contributed by atoms with Gasteiger partial charge in [0.15, 0.2) is 0 Å². The largest absolute Gasteiger partial charge is 0.324 e. The first-order valence-corrected chi connectivity index (χ1v) is 8.64. The Hall–Kier alpha value is -1.69. The molecule has 0 aliphatic heterocycles. The zero-order valence-corrected chi connectivity index (χ0v) is 14.9. The molecule has 2 aromatic rings. The second-order valence-electron chi connectivity index (χ2n) is 5.10. The number of nitrogens with one attached hydrogen (secondary N) is 1. The topological polar surface area (TPSA) is 54.2 Å². The number of hydrazine groups is 1. The average molecular weight is 349 g/mol. The summed E-state index contributed by atoms with van der Waals surface area (Å²) in [6.45, 7) is 8.69. The summed E-state index contributed by atoms with van der Waals surface area (Å²) < 4.78 is 2.21. The SMILES string of the molecule is C=C(NN)c1ccc(CN(SCC)c2cc(C)cc(Cl)c2)nc1. The molecule has 0 amide bonds. The fraction of sp³-hybridized carbons (Fsp3) is 0.235. The van der Waals surface area contributed by atoms with Crippen LogP contribution >= 0.6 is 23.5 Å². The Morgan fingerprint density at radius 3 is 2.74 bits per heavy atom. The summed E-state index contributed by atoms with van der Waals surface area (Å²) in [5.41, 5.74) is 7.26. The molecule has 0 fully saturated rings. The zero-order valence-electron chi connectivity index (χ0n) is 13.3. The number of nitrogens with zero attached hydrogens (tertiary/aromatic N) is 2. The van der Waals surface area contributed by atoms with E-state index in [0.717, 1.165) is 33.3 Å². The summed E-state index contributed by atoms with van der Waals surface area (Å²) in [6, 6.07) is 10.0. The first kappa shape index (κ1) is 17.7. The van der Waals surface area contributed by atoms with E-state index in [-0.39, 0.29) is 0 Å². The third-order valence-corrected chi connectivity index (χ3v) is 4.38. The Kier molecular flexibility index (Phi) is 6.33. The van der Waals surface area contributed by atoms with Crippen LogP contribution in [0.3, 0.4) is 0 Å². The molecule has 0 radical (unpaired) electrons. The number of hydrogen-bond acceptors (Lipinski definition) is 5. The Balaban J connectivity index is 2.20. The average Bonchev–Trinajstić information content (AvgIpc) is 2.53. The second kappa shape index (κ2) is 8.24. The lowest BCUT2D eigenvalue weighted by Crippen LogP contribution is -2.19. The Morgan fingerprint density at radius 2 is 2.17 bits per heavy atom. The van der Waals surface area contributed by atoms with Gasteiger partial charge in [-0.3, -0.25) is 10.8 Å². The van der Waals surface area contributed by atoms with E-state index in [4.69, 9.17) is 17.4 Å². The first-order chi connectivity index (χ1) is 11.0. The number of hydrogen-bond donors (Lipinski definition) is 2.